The van der Waals surface area contributed by atoms with Crippen LogP contribution in [0.3, 0.4) is 0 Å². The summed E-state index contributed by atoms with van der Waals surface area (Å²) in [6.45, 7) is 13.5. The zero-order valence-electron chi connectivity index (χ0n) is 29.3. The zero-order chi connectivity index (χ0) is 34.9. The maximum absolute atomic E-state index is 9.85. The number of aromatic nitrogens is 2. The van der Waals surface area contributed by atoms with Crippen molar-refractivity contribution in [1.82, 2.24) is 9.13 Å². The number of hydrogen-bond acceptors (Lipinski definition) is 2. The molecule has 0 fully saturated rings. The first-order valence-electron chi connectivity index (χ1n) is 17.1. The van der Waals surface area contributed by atoms with Crippen molar-refractivity contribution >= 4 is 43.6 Å². The van der Waals surface area contributed by atoms with E-state index in [0.29, 0.717) is 11.1 Å². The van der Waals surface area contributed by atoms with Gasteiger partial charge in [-0.25, -0.2) is 0 Å². The Morgan fingerprint density at radius 2 is 1.00 bits per heavy atom. The smallest absolute Gasteiger partial charge is 0.0992 e. The largest absolute Gasteiger partial charge is 0.309 e. The molecule has 0 aliphatic rings. The fourth-order valence-corrected chi connectivity index (χ4v) is 7.44. The summed E-state index contributed by atoms with van der Waals surface area (Å²) >= 11 is 0. The average Bonchev–Trinajstić information content (AvgIpc) is 3.63. The summed E-state index contributed by atoms with van der Waals surface area (Å²) in [5, 5.41) is 24.4. The number of fused-ring (bicyclic) bond motifs is 6. The van der Waals surface area contributed by atoms with E-state index in [2.05, 4.69) is 166 Å². The summed E-state index contributed by atoms with van der Waals surface area (Å²) in [6.07, 6.45) is 0. The van der Waals surface area contributed by atoms with Crippen LogP contribution in [0, 0.1) is 22.7 Å². The molecule has 6 aromatic carbocycles. The van der Waals surface area contributed by atoms with Crippen LogP contribution in [0.5, 0.6) is 0 Å². The zero-order valence-corrected chi connectivity index (χ0v) is 29.3. The van der Waals surface area contributed by atoms with Gasteiger partial charge in [0.15, 0.2) is 0 Å². The number of para-hydroxylation sites is 1. The number of benzene rings is 6. The molecule has 0 saturated heterocycles. The normalized spacial score (nSPS) is 12.2. The van der Waals surface area contributed by atoms with Gasteiger partial charge in [0, 0.05) is 32.9 Å². The molecule has 8 aromatic rings. The van der Waals surface area contributed by atoms with Gasteiger partial charge in [0.1, 0.15) is 0 Å². The van der Waals surface area contributed by atoms with E-state index in [1.54, 1.807) is 6.07 Å². The Hall–Kier alpha value is -6.10. The molecule has 0 aliphatic heterocycles. The SMILES string of the molecule is CC(C)(C)c1ccc2c(c1)c1cc(-c3cccc4c3c3cc(C(C)(C)C)ccc3n4-c3cc(C#N)cc(C#N)c3)ccc1n2-c1ccccc1. The Labute approximate surface area is 293 Å². The van der Waals surface area contributed by atoms with Crippen LogP contribution in [0.1, 0.15) is 63.8 Å². The Morgan fingerprint density at radius 1 is 0.460 bits per heavy atom. The lowest BCUT2D eigenvalue weighted by Gasteiger charge is -2.19. The highest BCUT2D eigenvalue weighted by Gasteiger charge is 2.22. The standard InChI is InChI=1S/C46H38N4/c1-45(2,3)32-16-19-41-38(25-32)37-24-31(15-18-40(37)49(41)34-11-8-7-9-12-34)36-13-10-14-43-44(36)39-26-33(46(4,5)6)17-20-42(39)50(43)35-22-29(27-47)21-30(23-35)28-48/h7-26H,1-6H3. The van der Waals surface area contributed by atoms with Crippen molar-refractivity contribution in [2.24, 2.45) is 0 Å². The quantitative estimate of drug-likeness (QED) is 0.192. The van der Waals surface area contributed by atoms with E-state index < -0.39 is 0 Å². The lowest BCUT2D eigenvalue weighted by atomic mass is 9.86. The fraction of sp³-hybridized carbons (Fsp3) is 0.174. The van der Waals surface area contributed by atoms with Crippen LogP contribution in [0.25, 0.3) is 66.1 Å². The first-order chi connectivity index (χ1) is 24.0. The van der Waals surface area contributed by atoms with Gasteiger partial charge < -0.3 is 9.13 Å². The maximum atomic E-state index is 9.85. The van der Waals surface area contributed by atoms with Gasteiger partial charge in [-0.15, -0.1) is 0 Å². The second kappa shape index (κ2) is 11.2. The third-order valence-electron chi connectivity index (χ3n) is 10.0. The molecule has 0 amide bonds. The second-order valence-electron chi connectivity index (χ2n) is 15.4. The highest BCUT2D eigenvalue weighted by atomic mass is 15.0. The summed E-state index contributed by atoms with van der Waals surface area (Å²) in [5.41, 5.74) is 12.1. The van der Waals surface area contributed by atoms with Crippen molar-refractivity contribution in [2.75, 3.05) is 0 Å². The topological polar surface area (TPSA) is 57.4 Å². The monoisotopic (exact) mass is 646 g/mol. The van der Waals surface area contributed by atoms with Crippen LogP contribution >= 0.6 is 0 Å². The highest BCUT2D eigenvalue weighted by molar-refractivity contribution is 6.17. The van der Waals surface area contributed by atoms with E-state index in [0.717, 1.165) is 44.3 Å². The van der Waals surface area contributed by atoms with Crippen LogP contribution in [0.15, 0.2) is 121 Å². The Morgan fingerprint density at radius 3 is 1.60 bits per heavy atom. The average molecular weight is 647 g/mol. The van der Waals surface area contributed by atoms with Gasteiger partial charge in [0.2, 0.25) is 0 Å². The maximum Gasteiger partial charge on any atom is 0.0992 e. The van der Waals surface area contributed by atoms with E-state index in [9.17, 15) is 10.5 Å². The lowest BCUT2D eigenvalue weighted by Crippen LogP contribution is -2.10. The molecule has 0 bridgehead atoms. The fourth-order valence-electron chi connectivity index (χ4n) is 7.44. The molecule has 242 valence electrons. The van der Waals surface area contributed by atoms with E-state index in [1.807, 2.05) is 12.1 Å². The number of nitrogens with zero attached hydrogens (tertiary/aromatic N) is 4. The highest BCUT2D eigenvalue weighted by Crippen LogP contribution is 2.43. The van der Waals surface area contributed by atoms with Gasteiger partial charge >= 0.3 is 0 Å². The number of rotatable bonds is 3. The molecule has 0 radical (unpaired) electrons. The van der Waals surface area contributed by atoms with E-state index >= 15 is 0 Å². The van der Waals surface area contributed by atoms with Gasteiger partial charge in [-0.3, -0.25) is 0 Å². The molecule has 2 heterocycles. The third kappa shape index (κ3) is 4.96. The first kappa shape index (κ1) is 31.2. The second-order valence-corrected chi connectivity index (χ2v) is 15.4. The minimum Gasteiger partial charge on any atom is -0.309 e. The van der Waals surface area contributed by atoms with Gasteiger partial charge in [-0.05, 0) is 106 Å². The molecule has 0 saturated carbocycles. The predicted octanol–water partition coefficient (Wildman–Crippen LogP) is 11.9. The van der Waals surface area contributed by atoms with Crippen molar-refractivity contribution in [3.05, 3.63) is 144 Å². The van der Waals surface area contributed by atoms with Crippen molar-refractivity contribution in [3.63, 3.8) is 0 Å². The van der Waals surface area contributed by atoms with Crippen LogP contribution < -0.4 is 0 Å². The molecule has 0 unspecified atom stereocenters. The minimum atomic E-state index is -0.0464. The number of hydrogen-bond donors (Lipinski definition) is 0. The van der Waals surface area contributed by atoms with Gasteiger partial charge in [-0.2, -0.15) is 10.5 Å². The van der Waals surface area contributed by atoms with Gasteiger partial charge in [0.05, 0.1) is 45.3 Å². The van der Waals surface area contributed by atoms with Crippen molar-refractivity contribution < 1.29 is 0 Å². The molecule has 8 rings (SSSR count). The lowest BCUT2D eigenvalue weighted by molar-refractivity contribution is 0.591. The first-order valence-corrected chi connectivity index (χ1v) is 17.1. The van der Waals surface area contributed by atoms with Crippen molar-refractivity contribution in [1.29, 1.82) is 10.5 Å². The molecule has 4 heteroatoms. The predicted molar refractivity (Wildman–Crippen MR) is 207 cm³/mol. The minimum absolute atomic E-state index is 0.0133. The van der Waals surface area contributed by atoms with Crippen LogP contribution in [-0.4, -0.2) is 9.13 Å². The third-order valence-corrected chi connectivity index (χ3v) is 10.0. The summed E-state index contributed by atoms with van der Waals surface area (Å²) in [7, 11) is 0. The molecule has 2 aromatic heterocycles. The molecule has 0 atom stereocenters. The van der Waals surface area contributed by atoms with Gasteiger partial charge in [0.25, 0.3) is 0 Å². The van der Waals surface area contributed by atoms with Crippen LogP contribution in [0.2, 0.25) is 0 Å². The van der Waals surface area contributed by atoms with Crippen molar-refractivity contribution in [2.45, 2.75) is 52.4 Å². The summed E-state index contributed by atoms with van der Waals surface area (Å²) in [4.78, 5) is 0. The number of nitriles is 2. The Balaban J connectivity index is 1.46. The Bertz CT molecular complexity index is 2700. The Kier molecular flexibility index (Phi) is 7.00. The van der Waals surface area contributed by atoms with E-state index in [4.69, 9.17) is 0 Å². The molecular formula is C46H38N4. The van der Waals surface area contributed by atoms with E-state index in [-0.39, 0.29) is 10.8 Å². The van der Waals surface area contributed by atoms with Crippen LogP contribution in [0.4, 0.5) is 0 Å². The van der Waals surface area contributed by atoms with E-state index in [1.165, 1.54) is 32.9 Å². The molecular weight excluding hydrogens is 609 g/mol. The molecule has 0 N–H and O–H groups in total. The van der Waals surface area contributed by atoms with Crippen LogP contribution in [-0.2, 0) is 10.8 Å². The summed E-state index contributed by atoms with van der Waals surface area (Å²) in [6, 6.07) is 47.5. The van der Waals surface area contributed by atoms with Gasteiger partial charge in [-0.1, -0.05) is 90.1 Å². The molecule has 50 heavy (non-hydrogen) atoms. The summed E-state index contributed by atoms with van der Waals surface area (Å²) < 4.78 is 4.58. The molecule has 4 nitrogen and oxygen atoms in total. The van der Waals surface area contributed by atoms with Crippen molar-refractivity contribution in [3.8, 4) is 34.6 Å². The molecule has 0 aliphatic carbocycles. The summed E-state index contributed by atoms with van der Waals surface area (Å²) in [5.74, 6) is 0. The molecule has 0 spiro atoms.